The fourth-order valence-corrected chi connectivity index (χ4v) is 2.80. The summed E-state index contributed by atoms with van der Waals surface area (Å²) in [7, 11) is 0. The van der Waals surface area contributed by atoms with Crippen molar-refractivity contribution in [1.82, 2.24) is 4.90 Å². The van der Waals surface area contributed by atoms with Gasteiger partial charge in [0, 0.05) is 18.2 Å². The van der Waals surface area contributed by atoms with E-state index in [1.54, 1.807) is 6.26 Å². The van der Waals surface area contributed by atoms with Gasteiger partial charge in [0.1, 0.15) is 0 Å². The lowest BCUT2D eigenvalue weighted by Gasteiger charge is -2.40. The number of nitrogens with two attached hydrogens (primary N) is 1. The molecule has 0 radical (unpaired) electrons. The highest BCUT2D eigenvalue weighted by atomic mass is 16.3. The minimum atomic E-state index is 0.337. The van der Waals surface area contributed by atoms with E-state index in [9.17, 15) is 0 Å². The van der Waals surface area contributed by atoms with E-state index in [-0.39, 0.29) is 0 Å². The first-order chi connectivity index (χ1) is 7.86. The van der Waals surface area contributed by atoms with Crippen LogP contribution in [-0.4, -0.2) is 24.0 Å². The van der Waals surface area contributed by atoms with Gasteiger partial charge in [-0.15, -0.1) is 0 Å². The summed E-state index contributed by atoms with van der Waals surface area (Å²) in [5.41, 5.74) is 7.15. The lowest BCUT2D eigenvalue weighted by Crippen LogP contribution is -2.44. The summed E-state index contributed by atoms with van der Waals surface area (Å²) in [6.45, 7) is 4.12. The van der Waals surface area contributed by atoms with E-state index in [0.717, 1.165) is 0 Å². The van der Waals surface area contributed by atoms with Gasteiger partial charge in [-0.05, 0) is 31.9 Å². The third-order valence-electron chi connectivity index (χ3n) is 3.70. The molecule has 2 rings (SSSR count). The molecule has 1 aromatic heterocycles. The van der Waals surface area contributed by atoms with Crippen molar-refractivity contribution in [2.45, 2.75) is 44.7 Å². The SMILES string of the molecule is CCC1CCCCN1C(CN)c1ccoc1. The molecule has 1 fully saturated rings. The van der Waals surface area contributed by atoms with Crippen LogP contribution in [0.15, 0.2) is 23.0 Å². The molecule has 1 aliphatic rings. The average Bonchev–Trinajstić information content (AvgIpc) is 2.84. The highest BCUT2D eigenvalue weighted by Crippen LogP contribution is 2.29. The molecule has 2 unspecified atom stereocenters. The Morgan fingerprint density at radius 1 is 1.56 bits per heavy atom. The Morgan fingerprint density at radius 2 is 2.44 bits per heavy atom. The smallest absolute Gasteiger partial charge is 0.0950 e. The van der Waals surface area contributed by atoms with Gasteiger partial charge in [0.25, 0.3) is 0 Å². The minimum Gasteiger partial charge on any atom is -0.472 e. The molecule has 2 atom stereocenters. The highest BCUT2D eigenvalue weighted by Gasteiger charge is 2.28. The first-order valence-corrected chi connectivity index (χ1v) is 6.34. The van der Waals surface area contributed by atoms with E-state index in [1.807, 2.05) is 12.3 Å². The average molecular weight is 222 g/mol. The lowest BCUT2D eigenvalue weighted by atomic mass is 9.96. The van der Waals surface area contributed by atoms with Crippen LogP contribution >= 0.6 is 0 Å². The predicted molar refractivity (Wildman–Crippen MR) is 65.1 cm³/mol. The summed E-state index contributed by atoms with van der Waals surface area (Å²) in [4.78, 5) is 2.56. The quantitative estimate of drug-likeness (QED) is 0.851. The van der Waals surface area contributed by atoms with Crippen LogP contribution in [0.2, 0.25) is 0 Å². The minimum absolute atomic E-state index is 0.337. The summed E-state index contributed by atoms with van der Waals surface area (Å²) < 4.78 is 5.17. The first kappa shape index (κ1) is 11.7. The number of likely N-dealkylation sites (tertiary alicyclic amines) is 1. The van der Waals surface area contributed by atoms with Crippen LogP contribution in [0.3, 0.4) is 0 Å². The fourth-order valence-electron chi connectivity index (χ4n) is 2.80. The summed E-state index contributed by atoms with van der Waals surface area (Å²) in [5.74, 6) is 0. The molecule has 2 heterocycles. The third-order valence-corrected chi connectivity index (χ3v) is 3.70. The van der Waals surface area contributed by atoms with E-state index in [1.165, 1.54) is 37.8 Å². The van der Waals surface area contributed by atoms with Crippen molar-refractivity contribution in [2.75, 3.05) is 13.1 Å². The molecular weight excluding hydrogens is 200 g/mol. The highest BCUT2D eigenvalue weighted by molar-refractivity contribution is 5.13. The van der Waals surface area contributed by atoms with Crippen LogP contribution in [0.4, 0.5) is 0 Å². The Bertz CT molecular complexity index is 297. The van der Waals surface area contributed by atoms with Gasteiger partial charge in [-0.3, -0.25) is 4.90 Å². The maximum atomic E-state index is 5.93. The molecule has 0 aliphatic carbocycles. The summed E-state index contributed by atoms with van der Waals surface area (Å²) >= 11 is 0. The van der Waals surface area contributed by atoms with E-state index in [4.69, 9.17) is 10.2 Å². The molecule has 0 saturated carbocycles. The lowest BCUT2D eigenvalue weighted by molar-refractivity contribution is 0.0946. The van der Waals surface area contributed by atoms with Gasteiger partial charge in [-0.1, -0.05) is 13.3 Å². The van der Waals surface area contributed by atoms with E-state index in [0.29, 0.717) is 18.6 Å². The zero-order chi connectivity index (χ0) is 11.4. The number of piperidine rings is 1. The van der Waals surface area contributed by atoms with Gasteiger partial charge in [-0.25, -0.2) is 0 Å². The van der Waals surface area contributed by atoms with Crippen molar-refractivity contribution >= 4 is 0 Å². The van der Waals surface area contributed by atoms with Gasteiger partial charge in [0.2, 0.25) is 0 Å². The monoisotopic (exact) mass is 222 g/mol. The number of nitrogens with zero attached hydrogens (tertiary/aromatic N) is 1. The second kappa shape index (κ2) is 5.51. The van der Waals surface area contributed by atoms with Crippen molar-refractivity contribution in [3.8, 4) is 0 Å². The van der Waals surface area contributed by atoms with Gasteiger partial charge in [0.05, 0.1) is 18.6 Å². The van der Waals surface area contributed by atoms with Crippen molar-refractivity contribution in [2.24, 2.45) is 5.73 Å². The van der Waals surface area contributed by atoms with Crippen LogP contribution in [-0.2, 0) is 0 Å². The first-order valence-electron chi connectivity index (χ1n) is 6.34. The molecule has 16 heavy (non-hydrogen) atoms. The summed E-state index contributed by atoms with van der Waals surface area (Å²) in [6.07, 6.45) is 8.75. The zero-order valence-electron chi connectivity index (χ0n) is 10.1. The molecule has 2 N–H and O–H groups in total. The van der Waals surface area contributed by atoms with Gasteiger partial charge in [-0.2, -0.15) is 0 Å². The normalized spacial score (nSPS) is 24.5. The van der Waals surface area contributed by atoms with Crippen LogP contribution in [0.5, 0.6) is 0 Å². The number of hydrogen-bond donors (Lipinski definition) is 1. The number of hydrogen-bond acceptors (Lipinski definition) is 3. The van der Waals surface area contributed by atoms with Crippen molar-refractivity contribution in [3.63, 3.8) is 0 Å². The zero-order valence-corrected chi connectivity index (χ0v) is 10.1. The molecule has 1 aromatic rings. The number of rotatable bonds is 4. The van der Waals surface area contributed by atoms with Gasteiger partial charge < -0.3 is 10.2 Å². The Balaban J connectivity index is 2.13. The molecule has 3 nitrogen and oxygen atoms in total. The van der Waals surface area contributed by atoms with Crippen molar-refractivity contribution in [3.05, 3.63) is 24.2 Å². The molecule has 1 aliphatic heterocycles. The number of furan rings is 1. The largest absolute Gasteiger partial charge is 0.472 e. The van der Waals surface area contributed by atoms with E-state index >= 15 is 0 Å². The van der Waals surface area contributed by atoms with E-state index in [2.05, 4.69) is 11.8 Å². The summed E-state index contributed by atoms with van der Waals surface area (Å²) in [5, 5.41) is 0. The second-order valence-corrected chi connectivity index (χ2v) is 4.60. The van der Waals surface area contributed by atoms with Gasteiger partial charge in [0.15, 0.2) is 0 Å². The standard InChI is InChI=1S/C13H22N2O/c1-2-12-5-3-4-7-15(12)13(9-14)11-6-8-16-10-11/h6,8,10,12-13H,2-5,7,9,14H2,1H3. The molecule has 90 valence electrons. The second-order valence-electron chi connectivity index (χ2n) is 4.60. The Hall–Kier alpha value is -0.800. The third kappa shape index (κ3) is 2.30. The van der Waals surface area contributed by atoms with Crippen LogP contribution < -0.4 is 5.73 Å². The van der Waals surface area contributed by atoms with Crippen LogP contribution in [0, 0.1) is 0 Å². The summed E-state index contributed by atoms with van der Waals surface area (Å²) in [6, 6.07) is 3.07. The molecule has 3 heteroatoms. The molecule has 0 amide bonds. The van der Waals surface area contributed by atoms with Crippen LogP contribution in [0.25, 0.3) is 0 Å². The molecule has 1 saturated heterocycles. The molecule has 0 aromatic carbocycles. The Labute approximate surface area is 97.6 Å². The Kier molecular flexibility index (Phi) is 4.02. The molecule has 0 bridgehead atoms. The topological polar surface area (TPSA) is 42.4 Å². The van der Waals surface area contributed by atoms with Gasteiger partial charge >= 0.3 is 0 Å². The predicted octanol–water partition coefficient (Wildman–Crippen LogP) is 2.54. The molecular formula is C13H22N2O. The maximum absolute atomic E-state index is 5.93. The maximum Gasteiger partial charge on any atom is 0.0950 e. The van der Waals surface area contributed by atoms with Crippen molar-refractivity contribution in [1.29, 1.82) is 0 Å². The molecule has 0 spiro atoms. The Morgan fingerprint density at radius 3 is 3.06 bits per heavy atom. The van der Waals surface area contributed by atoms with E-state index < -0.39 is 0 Å². The van der Waals surface area contributed by atoms with Crippen molar-refractivity contribution < 1.29 is 4.42 Å². The fraction of sp³-hybridized carbons (Fsp3) is 0.692. The van der Waals surface area contributed by atoms with Crippen LogP contribution in [0.1, 0.15) is 44.2 Å².